The van der Waals surface area contributed by atoms with Crippen molar-refractivity contribution in [3.05, 3.63) is 64.7 Å². The Morgan fingerprint density at radius 1 is 0.926 bits per heavy atom. The minimum absolute atomic E-state index is 0.125. The van der Waals surface area contributed by atoms with Gasteiger partial charge in [-0.1, -0.05) is 36.4 Å². The van der Waals surface area contributed by atoms with Gasteiger partial charge in [0.1, 0.15) is 0 Å². The third-order valence-corrected chi connectivity index (χ3v) is 4.42. The van der Waals surface area contributed by atoms with Gasteiger partial charge in [-0.25, -0.2) is 0 Å². The number of unbranched alkanes of at least 4 members (excludes halogenated alkanes) is 1. The molecule has 0 saturated heterocycles. The van der Waals surface area contributed by atoms with Crippen molar-refractivity contribution in [3.63, 3.8) is 0 Å². The van der Waals surface area contributed by atoms with E-state index in [-0.39, 0.29) is 24.1 Å². The van der Waals surface area contributed by atoms with Crippen LogP contribution in [0.1, 0.15) is 44.7 Å². The molecule has 2 aromatic rings. The highest BCUT2D eigenvalue weighted by Crippen LogP contribution is 2.31. The lowest BCUT2D eigenvalue weighted by Crippen LogP contribution is -2.23. The number of hydrogen-bond acceptors (Lipinski definition) is 6. The van der Waals surface area contributed by atoms with Crippen LogP contribution >= 0.6 is 0 Å². The first-order chi connectivity index (χ1) is 13.1. The SMILES string of the molecule is CNCC(=O)OCCCCNc1cccc2c1C(=O)c1ccccc1C2=O. The number of fused-ring (bicyclic) bond motifs is 2. The normalized spacial score (nSPS) is 12.3. The standard InChI is InChI=1S/C21H22N2O4/c1-22-13-18(24)27-12-5-4-11-23-17-10-6-9-16-19(17)21(26)15-8-3-2-7-14(15)20(16)25/h2-3,6-10,22-23H,4-5,11-13H2,1H3. The molecule has 0 aromatic heterocycles. The molecule has 0 atom stereocenters. The van der Waals surface area contributed by atoms with Crippen LogP contribution in [0.5, 0.6) is 0 Å². The van der Waals surface area contributed by atoms with Crippen molar-refractivity contribution in [2.24, 2.45) is 0 Å². The van der Waals surface area contributed by atoms with Crippen LogP contribution in [0.2, 0.25) is 0 Å². The molecular weight excluding hydrogens is 344 g/mol. The lowest BCUT2D eigenvalue weighted by atomic mass is 9.83. The molecule has 0 radical (unpaired) electrons. The average Bonchev–Trinajstić information content (AvgIpc) is 2.69. The first kappa shape index (κ1) is 18.8. The largest absolute Gasteiger partial charge is 0.465 e. The van der Waals surface area contributed by atoms with Gasteiger partial charge in [0, 0.05) is 28.9 Å². The van der Waals surface area contributed by atoms with E-state index in [9.17, 15) is 14.4 Å². The Morgan fingerprint density at radius 3 is 2.37 bits per heavy atom. The number of likely N-dealkylation sites (N-methyl/N-ethyl adjacent to an activating group) is 1. The van der Waals surface area contributed by atoms with Crippen LogP contribution in [0, 0.1) is 0 Å². The predicted molar refractivity (Wildman–Crippen MR) is 102 cm³/mol. The molecule has 0 fully saturated rings. The van der Waals surface area contributed by atoms with E-state index >= 15 is 0 Å². The van der Waals surface area contributed by atoms with Crippen LogP contribution in [-0.4, -0.2) is 44.3 Å². The van der Waals surface area contributed by atoms with E-state index < -0.39 is 0 Å². The molecule has 3 rings (SSSR count). The summed E-state index contributed by atoms with van der Waals surface area (Å²) in [6.07, 6.45) is 1.49. The fraction of sp³-hybridized carbons (Fsp3) is 0.286. The van der Waals surface area contributed by atoms with E-state index in [0.29, 0.717) is 47.5 Å². The van der Waals surface area contributed by atoms with Crippen molar-refractivity contribution >= 4 is 23.2 Å². The zero-order valence-corrected chi connectivity index (χ0v) is 15.2. The highest BCUT2D eigenvalue weighted by atomic mass is 16.5. The van der Waals surface area contributed by atoms with E-state index in [1.54, 1.807) is 43.4 Å². The van der Waals surface area contributed by atoms with Gasteiger partial charge in [0.25, 0.3) is 0 Å². The molecule has 0 bridgehead atoms. The average molecular weight is 366 g/mol. The second-order valence-corrected chi connectivity index (χ2v) is 6.32. The number of benzene rings is 2. The summed E-state index contributed by atoms with van der Waals surface area (Å²) >= 11 is 0. The number of hydrogen-bond donors (Lipinski definition) is 2. The number of ketones is 2. The van der Waals surface area contributed by atoms with Gasteiger partial charge in [0.2, 0.25) is 0 Å². The number of anilines is 1. The van der Waals surface area contributed by atoms with Gasteiger partial charge in [-0.3, -0.25) is 14.4 Å². The molecule has 0 unspecified atom stereocenters. The minimum Gasteiger partial charge on any atom is -0.465 e. The maximum Gasteiger partial charge on any atom is 0.319 e. The summed E-state index contributed by atoms with van der Waals surface area (Å²) in [7, 11) is 1.69. The van der Waals surface area contributed by atoms with Crippen LogP contribution in [0.15, 0.2) is 42.5 Å². The lowest BCUT2D eigenvalue weighted by Gasteiger charge is -2.20. The fourth-order valence-corrected chi connectivity index (χ4v) is 3.12. The Hall–Kier alpha value is -2.99. The van der Waals surface area contributed by atoms with Gasteiger partial charge >= 0.3 is 5.97 Å². The first-order valence-corrected chi connectivity index (χ1v) is 8.99. The first-order valence-electron chi connectivity index (χ1n) is 8.99. The second kappa shape index (κ2) is 8.60. The summed E-state index contributed by atoms with van der Waals surface area (Å²) in [5.41, 5.74) is 2.43. The second-order valence-electron chi connectivity index (χ2n) is 6.32. The van der Waals surface area contributed by atoms with E-state index in [0.717, 1.165) is 6.42 Å². The molecule has 6 nitrogen and oxygen atoms in total. The van der Waals surface area contributed by atoms with Crippen molar-refractivity contribution in [3.8, 4) is 0 Å². The van der Waals surface area contributed by atoms with Crippen molar-refractivity contribution in [1.29, 1.82) is 0 Å². The number of rotatable bonds is 8. The molecule has 0 aliphatic heterocycles. The van der Waals surface area contributed by atoms with E-state index in [1.807, 2.05) is 6.07 Å². The smallest absolute Gasteiger partial charge is 0.319 e. The van der Waals surface area contributed by atoms with Crippen molar-refractivity contribution in [2.45, 2.75) is 12.8 Å². The number of carbonyl (C=O) groups is 3. The maximum atomic E-state index is 12.9. The zero-order valence-electron chi connectivity index (χ0n) is 15.2. The van der Waals surface area contributed by atoms with Gasteiger partial charge in [-0.15, -0.1) is 0 Å². The topological polar surface area (TPSA) is 84.5 Å². The number of carbonyl (C=O) groups excluding carboxylic acids is 3. The molecule has 0 heterocycles. The summed E-state index contributed by atoms with van der Waals surface area (Å²) in [5.74, 6) is -0.532. The Labute approximate surface area is 157 Å². The van der Waals surface area contributed by atoms with Crippen molar-refractivity contribution < 1.29 is 19.1 Å². The third kappa shape index (κ3) is 4.06. The summed E-state index contributed by atoms with van der Waals surface area (Å²) in [4.78, 5) is 36.9. The summed E-state index contributed by atoms with van der Waals surface area (Å²) < 4.78 is 5.07. The summed E-state index contributed by atoms with van der Waals surface area (Å²) in [6, 6.07) is 12.2. The zero-order chi connectivity index (χ0) is 19.2. The van der Waals surface area contributed by atoms with Crippen LogP contribution < -0.4 is 10.6 Å². The number of ether oxygens (including phenoxy) is 1. The minimum atomic E-state index is -0.273. The van der Waals surface area contributed by atoms with Gasteiger partial charge in [0.05, 0.1) is 18.7 Å². The third-order valence-electron chi connectivity index (χ3n) is 4.42. The summed E-state index contributed by atoms with van der Waals surface area (Å²) in [5, 5.41) is 5.98. The highest BCUT2D eigenvalue weighted by Gasteiger charge is 2.31. The molecule has 0 amide bonds. The Bertz CT molecular complexity index is 876. The van der Waals surface area contributed by atoms with Gasteiger partial charge in [-0.2, -0.15) is 0 Å². The molecule has 6 heteroatoms. The van der Waals surface area contributed by atoms with E-state index in [2.05, 4.69) is 10.6 Å². The van der Waals surface area contributed by atoms with Gasteiger partial charge < -0.3 is 15.4 Å². The highest BCUT2D eigenvalue weighted by molar-refractivity contribution is 6.30. The molecular formula is C21H22N2O4. The van der Waals surface area contributed by atoms with Crippen molar-refractivity contribution in [2.75, 3.05) is 32.1 Å². The lowest BCUT2D eigenvalue weighted by molar-refractivity contribution is -0.142. The molecule has 2 aromatic carbocycles. The molecule has 0 saturated carbocycles. The Morgan fingerprint density at radius 2 is 1.63 bits per heavy atom. The van der Waals surface area contributed by atoms with Gasteiger partial charge in [-0.05, 0) is 26.0 Å². The number of esters is 1. The van der Waals surface area contributed by atoms with Crippen LogP contribution in [0.3, 0.4) is 0 Å². The fourth-order valence-electron chi connectivity index (χ4n) is 3.12. The van der Waals surface area contributed by atoms with Gasteiger partial charge in [0.15, 0.2) is 11.6 Å². The molecule has 0 spiro atoms. The summed E-state index contributed by atoms with van der Waals surface area (Å²) in [6.45, 7) is 1.18. The molecule has 2 N–H and O–H groups in total. The van der Waals surface area contributed by atoms with E-state index in [1.165, 1.54) is 0 Å². The molecule has 1 aliphatic rings. The molecule has 140 valence electrons. The predicted octanol–water partition coefficient (Wildman–Crippen LogP) is 2.42. The van der Waals surface area contributed by atoms with E-state index in [4.69, 9.17) is 4.74 Å². The molecule has 27 heavy (non-hydrogen) atoms. The number of nitrogens with one attached hydrogen (secondary N) is 2. The Balaban J connectivity index is 1.63. The van der Waals surface area contributed by atoms with Crippen LogP contribution in [-0.2, 0) is 9.53 Å². The van der Waals surface area contributed by atoms with Crippen LogP contribution in [0.4, 0.5) is 5.69 Å². The maximum absolute atomic E-state index is 12.9. The van der Waals surface area contributed by atoms with Crippen LogP contribution in [0.25, 0.3) is 0 Å². The Kier molecular flexibility index (Phi) is 5.98. The van der Waals surface area contributed by atoms with Crippen molar-refractivity contribution in [1.82, 2.24) is 5.32 Å². The monoisotopic (exact) mass is 366 g/mol. The quantitative estimate of drug-likeness (QED) is 0.470. The molecule has 1 aliphatic carbocycles.